The SMILES string of the molecule is Cn1cc(-c2[nH]ncc2CNCc2ccc3occc3c2)cn1. The maximum atomic E-state index is 5.36. The van der Waals surface area contributed by atoms with Gasteiger partial charge in [-0.2, -0.15) is 10.2 Å². The van der Waals surface area contributed by atoms with Crippen molar-refractivity contribution in [3.63, 3.8) is 0 Å². The number of fused-ring (bicyclic) bond motifs is 1. The second-order valence-corrected chi connectivity index (χ2v) is 5.57. The third-order valence-corrected chi connectivity index (χ3v) is 3.87. The van der Waals surface area contributed by atoms with Crippen LogP contribution in [0.15, 0.2) is 53.5 Å². The predicted octanol–water partition coefficient (Wildman–Crippen LogP) is 2.85. The molecular weight excluding hydrogens is 290 g/mol. The van der Waals surface area contributed by atoms with Crippen LogP contribution in [0.1, 0.15) is 11.1 Å². The molecule has 0 fully saturated rings. The molecule has 3 heterocycles. The smallest absolute Gasteiger partial charge is 0.133 e. The second kappa shape index (κ2) is 5.73. The van der Waals surface area contributed by atoms with Gasteiger partial charge in [0.1, 0.15) is 5.58 Å². The highest BCUT2D eigenvalue weighted by atomic mass is 16.3. The quantitative estimate of drug-likeness (QED) is 0.595. The van der Waals surface area contributed by atoms with Crippen LogP contribution < -0.4 is 5.32 Å². The highest BCUT2D eigenvalue weighted by molar-refractivity contribution is 5.77. The van der Waals surface area contributed by atoms with E-state index in [0.29, 0.717) is 0 Å². The zero-order valence-electron chi connectivity index (χ0n) is 12.8. The van der Waals surface area contributed by atoms with E-state index in [4.69, 9.17) is 4.42 Å². The number of nitrogens with zero attached hydrogens (tertiary/aromatic N) is 3. The van der Waals surface area contributed by atoms with Crippen LogP contribution in [-0.4, -0.2) is 20.0 Å². The Morgan fingerprint density at radius 3 is 3.04 bits per heavy atom. The van der Waals surface area contributed by atoms with E-state index in [-0.39, 0.29) is 0 Å². The van der Waals surface area contributed by atoms with Crippen molar-refractivity contribution < 1.29 is 4.42 Å². The minimum absolute atomic E-state index is 0.740. The molecule has 0 aliphatic carbocycles. The van der Waals surface area contributed by atoms with E-state index in [9.17, 15) is 0 Å². The first-order chi connectivity index (χ1) is 11.3. The van der Waals surface area contributed by atoms with E-state index >= 15 is 0 Å². The molecule has 2 N–H and O–H groups in total. The zero-order valence-corrected chi connectivity index (χ0v) is 12.8. The number of aromatic nitrogens is 4. The summed E-state index contributed by atoms with van der Waals surface area (Å²) in [6.45, 7) is 1.53. The lowest BCUT2D eigenvalue weighted by Gasteiger charge is -2.05. The van der Waals surface area contributed by atoms with Crippen molar-refractivity contribution in [2.75, 3.05) is 0 Å². The van der Waals surface area contributed by atoms with Crippen LogP contribution in [0, 0.1) is 0 Å². The van der Waals surface area contributed by atoms with Crippen molar-refractivity contribution >= 4 is 11.0 Å². The van der Waals surface area contributed by atoms with E-state index in [1.807, 2.05) is 37.8 Å². The van der Waals surface area contributed by atoms with Crippen molar-refractivity contribution in [2.45, 2.75) is 13.1 Å². The molecule has 0 atom stereocenters. The molecule has 0 unspecified atom stereocenters. The van der Waals surface area contributed by atoms with Crippen LogP contribution in [0.25, 0.3) is 22.2 Å². The van der Waals surface area contributed by atoms with Crippen LogP contribution in [-0.2, 0) is 20.1 Å². The number of benzene rings is 1. The largest absolute Gasteiger partial charge is 0.464 e. The maximum Gasteiger partial charge on any atom is 0.133 e. The molecule has 0 aliphatic heterocycles. The van der Waals surface area contributed by atoms with Gasteiger partial charge in [0.15, 0.2) is 0 Å². The summed E-state index contributed by atoms with van der Waals surface area (Å²) < 4.78 is 7.15. The summed E-state index contributed by atoms with van der Waals surface area (Å²) in [4.78, 5) is 0. The fourth-order valence-corrected chi connectivity index (χ4v) is 2.71. The van der Waals surface area contributed by atoms with Gasteiger partial charge in [0.25, 0.3) is 0 Å². The Balaban J connectivity index is 1.44. The van der Waals surface area contributed by atoms with Crippen molar-refractivity contribution in [3.8, 4) is 11.3 Å². The number of rotatable bonds is 5. The number of furan rings is 1. The molecule has 1 aromatic carbocycles. The van der Waals surface area contributed by atoms with E-state index in [1.54, 1.807) is 10.9 Å². The molecule has 0 bridgehead atoms. The minimum atomic E-state index is 0.740. The first-order valence-electron chi connectivity index (χ1n) is 7.48. The lowest BCUT2D eigenvalue weighted by molar-refractivity contribution is 0.615. The number of hydrogen-bond donors (Lipinski definition) is 2. The third kappa shape index (κ3) is 2.76. The molecular formula is C17H17N5O. The summed E-state index contributed by atoms with van der Waals surface area (Å²) in [7, 11) is 1.91. The van der Waals surface area contributed by atoms with Crippen LogP contribution in [0.4, 0.5) is 0 Å². The minimum Gasteiger partial charge on any atom is -0.464 e. The van der Waals surface area contributed by atoms with Gasteiger partial charge in [0, 0.05) is 42.8 Å². The number of nitrogens with one attached hydrogen (secondary N) is 2. The summed E-state index contributed by atoms with van der Waals surface area (Å²) in [6.07, 6.45) is 7.38. The van der Waals surface area contributed by atoms with Crippen molar-refractivity contribution in [3.05, 3.63) is 60.2 Å². The number of aromatic amines is 1. The molecule has 6 heteroatoms. The Labute approximate surface area is 133 Å². The molecule has 116 valence electrons. The summed E-state index contributed by atoms with van der Waals surface area (Å²) in [5.74, 6) is 0. The molecule has 4 rings (SSSR count). The molecule has 23 heavy (non-hydrogen) atoms. The third-order valence-electron chi connectivity index (χ3n) is 3.87. The molecule has 0 saturated heterocycles. The van der Waals surface area contributed by atoms with Gasteiger partial charge in [-0.3, -0.25) is 9.78 Å². The Kier molecular flexibility index (Phi) is 3.44. The molecule has 0 spiro atoms. The number of aryl methyl sites for hydroxylation is 1. The first-order valence-corrected chi connectivity index (χ1v) is 7.48. The monoisotopic (exact) mass is 307 g/mol. The van der Waals surface area contributed by atoms with Crippen LogP contribution in [0.2, 0.25) is 0 Å². The van der Waals surface area contributed by atoms with Crippen molar-refractivity contribution in [2.24, 2.45) is 7.05 Å². The topological polar surface area (TPSA) is 71.7 Å². The molecule has 4 aromatic rings. The lowest BCUT2D eigenvalue weighted by atomic mass is 10.1. The van der Waals surface area contributed by atoms with Crippen LogP contribution >= 0.6 is 0 Å². The van der Waals surface area contributed by atoms with Gasteiger partial charge >= 0.3 is 0 Å². The predicted molar refractivity (Wildman–Crippen MR) is 87.5 cm³/mol. The van der Waals surface area contributed by atoms with Crippen molar-refractivity contribution in [1.29, 1.82) is 0 Å². The zero-order chi connectivity index (χ0) is 15.6. The maximum absolute atomic E-state index is 5.36. The number of hydrogen-bond acceptors (Lipinski definition) is 4. The van der Waals surface area contributed by atoms with Gasteiger partial charge in [0.05, 0.1) is 24.4 Å². The molecule has 0 radical (unpaired) electrons. The summed E-state index contributed by atoms with van der Waals surface area (Å²) in [5.41, 5.74) is 5.33. The van der Waals surface area contributed by atoms with E-state index in [1.165, 1.54) is 5.56 Å². The van der Waals surface area contributed by atoms with Gasteiger partial charge in [0.2, 0.25) is 0 Å². The number of H-pyrrole nitrogens is 1. The Hall–Kier alpha value is -2.86. The molecule has 0 saturated carbocycles. The van der Waals surface area contributed by atoms with Gasteiger partial charge in [-0.25, -0.2) is 0 Å². The average molecular weight is 307 g/mol. The standard InChI is InChI=1S/C17H17N5O/c1-22-11-15(10-20-22)17-14(9-19-21-17)8-18-7-12-2-3-16-13(6-12)4-5-23-16/h2-6,9-11,18H,7-8H2,1H3,(H,19,21). The van der Waals surface area contributed by atoms with Crippen molar-refractivity contribution in [1.82, 2.24) is 25.3 Å². The summed E-state index contributed by atoms with van der Waals surface area (Å²) >= 11 is 0. The highest BCUT2D eigenvalue weighted by Crippen LogP contribution is 2.20. The van der Waals surface area contributed by atoms with Gasteiger partial charge in [-0.05, 0) is 23.8 Å². The highest BCUT2D eigenvalue weighted by Gasteiger charge is 2.09. The second-order valence-electron chi connectivity index (χ2n) is 5.57. The average Bonchev–Trinajstić information content (AvgIpc) is 3.26. The Bertz CT molecular complexity index is 933. The van der Waals surface area contributed by atoms with E-state index < -0.39 is 0 Å². The summed E-state index contributed by atoms with van der Waals surface area (Å²) in [6, 6.07) is 8.21. The molecule has 0 amide bonds. The normalized spacial score (nSPS) is 11.3. The molecule has 0 aliphatic rings. The van der Waals surface area contributed by atoms with E-state index in [2.05, 4.69) is 32.7 Å². The summed E-state index contributed by atoms with van der Waals surface area (Å²) in [5, 5.41) is 16.0. The van der Waals surface area contributed by atoms with Crippen LogP contribution in [0.5, 0.6) is 0 Å². The first kappa shape index (κ1) is 13.8. The van der Waals surface area contributed by atoms with Crippen LogP contribution in [0.3, 0.4) is 0 Å². The fourth-order valence-electron chi connectivity index (χ4n) is 2.71. The molecule has 6 nitrogen and oxygen atoms in total. The molecule has 3 aromatic heterocycles. The van der Waals surface area contributed by atoms with E-state index in [0.717, 1.165) is 40.9 Å². The van der Waals surface area contributed by atoms with Gasteiger partial charge in [-0.1, -0.05) is 6.07 Å². The van der Waals surface area contributed by atoms with Gasteiger partial charge in [-0.15, -0.1) is 0 Å². The fraction of sp³-hybridized carbons (Fsp3) is 0.176. The lowest BCUT2D eigenvalue weighted by Crippen LogP contribution is -2.12. The Morgan fingerprint density at radius 1 is 1.22 bits per heavy atom. The van der Waals surface area contributed by atoms with Gasteiger partial charge < -0.3 is 9.73 Å². The Morgan fingerprint density at radius 2 is 2.17 bits per heavy atom.